The first-order chi connectivity index (χ1) is 8.10. The zero-order valence-corrected chi connectivity index (χ0v) is 10.3. The van der Waals surface area contributed by atoms with Crippen LogP contribution in [0.25, 0.3) is 0 Å². The van der Waals surface area contributed by atoms with E-state index in [-0.39, 0.29) is 11.9 Å². The molecule has 4 nitrogen and oxygen atoms in total. The summed E-state index contributed by atoms with van der Waals surface area (Å²) in [6.07, 6.45) is 0.0800. The fraction of sp³-hybridized carbons (Fsp3) is 0.417. The molecule has 1 aliphatic heterocycles. The Bertz CT molecular complexity index is 437. The van der Waals surface area contributed by atoms with Crippen LogP contribution in [0.3, 0.4) is 0 Å². The Hall–Kier alpha value is -1.26. The molecule has 0 fully saturated rings. The normalized spacial score (nSPS) is 19.4. The van der Waals surface area contributed by atoms with Crippen LogP contribution in [-0.2, 0) is 11.2 Å². The minimum Gasteiger partial charge on any atom is -0.480 e. The summed E-state index contributed by atoms with van der Waals surface area (Å²) >= 11 is 5.88. The fourth-order valence-electron chi connectivity index (χ4n) is 1.76. The Morgan fingerprint density at radius 3 is 3.18 bits per heavy atom. The van der Waals surface area contributed by atoms with Crippen LogP contribution in [0.5, 0.6) is 5.75 Å². The van der Waals surface area contributed by atoms with Gasteiger partial charge in [0.25, 0.3) is 5.91 Å². The molecule has 0 radical (unpaired) electrons. The van der Waals surface area contributed by atoms with Gasteiger partial charge in [-0.15, -0.1) is 0 Å². The number of carbonyl (C=O) groups is 1. The van der Waals surface area contributed by atoms with E-state index in [1.807, 2.05) is 13.0 Å². The number of nitrogens with one attached hydrogen (secondary N) is 1. The first-order valence-electron chi connectivity index (χ1n) is 5.55. The van der Waals surface area contributed by atoms with Gasteiger partial charge in [0.1, 0.15) is 5.75 Å². The zero-order valence-electron chi connectivity index (χ0n) is 9.57. The van der Waals surface area contributed by atoms with Crippen LogP contribution in [0.4, 0.5) is 0 Å². The molecule has 0 saturated heterocycles. The number of halogens is 1. The van der Waals surface area contributed by atoms with Gasteiger partial charge in [-0.3, -0.25) is 4.79 Å². The summed E-state index contributed by atoms with van der Waals surface area (Å²) < 4.78 is 5.56. The Kier molecular flexibility index (Phi) is 3.54. The molecule has 0 spiro atoms. The number of fused-ring (bicyclic) bond motifs is 1. The van der Waals surface area contributed by atoms with Gasteiger partial charge in [0.05, 0.1) is 0 Å². The molecule has 0 aliphatic carbocycles. The number of hydrogen-bond acceptors (Lipinski definition) is 3. The second-order valence-corrected chi connectivity index (χ2v) is 4.64. The number of ether oxygens (including phenoxy) is 1. The van der Waals surface area contributed by atoms with Crippen molar-refractivity contribution in [2.45, 2.75) is 25.5 Å². The summed E-state index contributed by atoms with van der Waals surface area (Å²) in [6, 6.07) is 5.33. The van der Waals surface area contributed by atoms with Crippen molar-refractivity contribution in [1.82, 2.24) is 5.32 Å². The van der Waals surface area contributed by atoms with Gasteiger partial charge in [0, 0.05) is 24.0 Å². The molecule has 1 unspecified atom stereocenters. The van der Waals surface area contributed by atoms with E-state index in [0.717, 1.165) is 11.3 Å². The van der Waals surface area contributed by atoms with Gasteiger partial charge in [-0.05, 0) is 30.7 Å². The van der Waals surface area contributed by atoms with Crippen LogP contribution in [0.1, 0.15) is 12.5 Å². The third-order valence-electron chi connectivity index (χ3n) is 2.73. The molecule has 1 heterocycles. The molecular weight excluding hydrogens is 240 g/mol. The number of rotatable bonds is 3. The van der Waals surface area contributed by atoms with Crippen LogP contribution in [0, 0.1) is 0 Å². The maximum absolute atomic E-state index is 11.8. The third-order valence-corrected chi connectivity index (χ3v) is 2.97. The second-order valence-electron chi connectivity index (χ2n) is 4.21. The SMILES string of the molecule is C[C@@H](CN)NC(=O)C1Cc2cc(Cl)ccc2O1. The number of carbonyl (C=O) groups excluding carboxylic acids is 1. The van der Waals surface area contributed by atoms with E-state index in [0.29, 0.717) is 18.0 Å². The summed E-state index contributed by atoms with van der Waals surface area (Å²) in [5, 5.41) is 3.46. The van der Waals surface area contributed by atoms with Crippen LogP contribution in [0.2, 0.25) is 5.02 Å². The number of nitrogens with two attached hydrogens (primary N) is 1. The van der Waals surface area contributed by atoms with Crippen molar-refractivity contribution in [2.24, 2.45) is 5.73 Å². The van der Waals surface area contributed by atoms with Crippen LogP contribution >= 0.6 is 11.6 Å². The number of benzene rings is 1. The average molecular weight is 255 g/mol. The molecule has 1 aliphatic rings. The smallest absolute Gasteiger partial charge is 0.261 e. The molecule has 2 atom stereocenters. The summed E-state index contributed by atoms with van der Waals surface area (Å²) in [4.78, 5) is 11.8. The summed E-state index contributed by atoms with van der Waals surface area (Å²) in [6.45, 7) is 2.27. The van der Waals surface area contributed by atoms with E-state index in [1.54, 1.807) is 12.1 Å². The van der Waals surface area contributed by atoms with E-state index < -0.39 is 6.10 Å². The van der Waals surface area contributed by atoms with E-state index in [4.69, 9.17) is 22.1 Å². The maximum atomic E-state index is 11.8. The average Bonchev–Trinajstić information content (AvgIpc) is 2.71. The Labute approximate surface area is 105 Å². The molecule has 0 saturated carbocycles. The molecule has 1 aromatic rings. The molecule has 1 amide bonds. The standard InChI is InChI=1S/C12H15ClN2O2/c1-7(6-14)15-12(16)11-5-8-4-9(13)2-3-10(8)17-11/h2-4,7,11H,5-6,14H2,1H3,(H,15,16)/t7-,11?/m0/s1. The molecule has 5 heteroatoms. The van der Waals surface area contributed by atoms with Gasteiger partial charge < -0.3 is 15.8 Å². The predicted molar refractivity (Wildman–Crippen MR) is 66.2 cm³/mol. The van der Waals surface area contributed by atoms with Crippen molar-refractivity contribution in [3.8, 4) is 5.75 Å². The van der Waals surface area contributed by atoms with Crippen molar-refractivity contribution in [3.63, 3.8) is 0 Å². The monoisotopic (exact) mass is 254 g/mol. The lowest BCUT2D eigenvalue weighted by molar-refractivity contribution is -0.127. The first kappa shape index (κ1) is 12.2. The predicted octanol–water partition coefficient (Wildman–Crippen LogP) is 1.11. The highest BCUT2D eigenvalue weighted by Gasteiger charge is 2.29. The largest absolute Gasteiger partial charge is 0.480 e. The minimum atomic E-state index is -0.475. The van der Waals surface area contributed by atoms with Gasteiger partial charge in [-0.2, -0.15) is 0 Å². The summed E-state index contributed by atoms with van der Waals surface area (Å²) in [7, 11) is 0. The minimum absolute atomic E-state index is 0.0431. The van der Waals surface area contributed by atoms with E-state index in [1.165, 1.54) is 0 Å². The van der Waals surface area contributed by atoms with E-state index in [2.05, 4.69) is 5.32 Å². The van der Waals surface area contributed by atoms with Crippen molar-refractivity contribution >= 4 is 17.5 Å². The summed E-state index contributed by atoms with van der Waals surface area (Å²) in [5.41, 5.74) is 6.42. The molecule has 2 rings (SSSR count). The highest BCUT2D eigenvalue weighted by Crippen LogP contribution is 2.31. The Morgan fingerprint density at radius 1 is 1.71 bits per heavy atom. The molecule has 0 bridgehead atoms. The summed E-state index contributed by atoms with van der Waals surface area (Å²) in [5.74, 6) is 0.602. The molecule has 1 aromatic carbocycles. The van der Waals surface area contributed by atoms with Gasteiger partial charge in [-0.25, -0.2) is 0 Å². The maximum Gasteiger partial charge on any atom is 0.261 e. The molecule has 17 heavy (non-hydrogen) atoms. The lowest BCUT2D eigenvalue weighted by Crippen LogP contribution is -2.44. The number of amides is 1. The van der Waals surface area contributed by atoms with Crippen LogP contribution < -0.4 is 15.8 Å². The Morgan fingerprint density at radius 2 is 2.47 bits per heavy atom. The first-order valence-corrected chi connectivity index (χ1v) is 5.93. The molecule has 3 N–H and O–H groups in total. The lowest BCUT2D eigenvalue weighted by atomic mass is 10.1. The highest BCUT2D eigenvalue weighted by atomic mass is 35.5. The quantitative estimate of drug-likeness (QED) is 0.849. The van der Waals surface area contributed by atoms with E-state index in [9.17, 15) is 4.79 Å². The number of hydrogen-bond donors (Lipinski definition) is 2. The van der Waals surface area contributed by atoms with Gasteiger partial charge in [0.2, 0.25) is 0 Å². The third kappa shape index (κ3) is 2.70. The van der Waals surface area contributed by atoms with Crippen molar-refractivity contribution in [2.75, 3.05) is 6.54 Å². The fourth-order valence-corrected chi connectivity index (χ4v) is 1.95. The molecule has 0 aromatic heterocycles. The molecular formula is C12H15ClN2O2. The van der Waals surface area contributed by atoms with Gasteiger partial charge in [0.15, 0.2) is 6.10 Å². The molecule has 92 valence electrons. The van der Waals surface area contributed by atoms with Gasteiger partial charge in [-0.1, -0.05) is 11.6 Å². The van der Waals surface area contributed by atoms with Crippen LogP contribution in [-0.4, -0.2) is 24.6 Å². The van der Waals surface area contributed by atoms with Crippen molar-refractivity contribution in [1.29, 1.82) is 0 Å². The Balaban J connectivity index is 2.02. The van der Waals surface area contributed by atoms with Crippen molar-refractivity contribution < 1.29 is 9.53 Å². The van der Waals surface area contributed by atoms with Crippen molar-refractivity contribution in [3.05, 3.63) is 28.8 Å². The van der Waals surface area contributed by atoms with Gasteiger partial charge >= 0.3 is 0 Å². The second kappa shape index (κ2) is 4.94. The van der Waals surface area contributed by atoms with E-state index >= 15 is 0 Å². The highest BCUT2D eigenvalue weighted by molar-refractivity contribution is 6.30. The zero-order chi connectivity index (χ0) is 12.4. The lowest BCUT2D eigenvalue weighted by Gasteiger charge is -2.15. The van der Waals surface area contributed by atoms with Crippen LogP contribution in [0.15, 0.2) is 18.2 Å². The topological polar surface area (TPSA) is 64.3 Å².